The molecule has 0 bridgehead atoms. The first-order chi connectivity index (χ1) is 11.0. The van der Waals surface area contributed by atoms with E-state index in [1.54, 1.807) is 31.4 Å². The zero-order chi connectivity index (χ0) is 17.0. The number of rotatable bonds is 5. The number of anilines is 1. The summed E-state index contributed by atoms with van der Waals surface area (Å²) in [6.45, 7) is 4.25. The molecule has 0 aliphatic heterocycles. The Bertz CT molecular complexity index is 734. The van der Waals surface area contributed by atoms with Crippen molar-refractivity contribution in [1.82, 2.24) is 0 Å². The molecular formula is C17H17BrClNO3. The fraction of sp³-hybridized carbons (Fsp3) is 0.235. The quantitative estimate of drug-likeness (QED) is 0.765. The van der Waals surface area contributed by atoms with Crippen LogP contribution in [0.3, 0.4) is 0 Å². The van der Waals surface area contributed by atoms with Gasteiger partial charge in [0.15, 0.2) is 11.5 Å². The highest BCUT2D eigenvalue weighted by atomic mass is 79.9. The molecule has 4 nitrogen and oxygen atoms in total. The van der Waals surface area contributed by atoms with E-state index in [4.69, 9.17) is 21.1 Å². The molecule has 0 spiro atoms. The van der Waals surface area contributed by atoms with Crippen LogP contribution in [0.4, 0.5) is 5.69 Å². The number of nitrogens with one attached hydrogen (secondary N) is 1. The van der Waals surface area contributed by atoms with Crippen molar-refractivity contribution in [1.29, 1.82) is 0 Å². The summed E-state index contributed by atoms with van der Waals surface area (Å²) < 4.78 is 11.5. The van der Waals surface area contributed by atoms with Gasteiger partial charge < -0.3 is 14.8 Å². The molecule has 2 rings (SSSR count). The predicted octanol–water partition coefficient (Wildman–Crippen LogP) is 5.07. The largest absolute Gasteiger partial charge is 0.492 e. The van der Waals surface area contributed by atoms with Crippen LogP contribution in [0, 0.1) is 6.92 Å². The first kappa shape index (κ1) is 17.6. The van der Waals surface area contributed by atoms with Gasteiger partial charge in [-0.15, -0.1) is 0 Å². The van der Waals surface area contributed by atoms with E-state index in [1.807, 2.05) is 19.9 Å². The van der Waals surface area contributed by atoms with E-state index in [1.165, 1.54) is 0 Å². The Hall–Kier alpha value is -1.72. The van der Waals surface area contributed by atoms with E-state index in [-0.39, 0.29) is 5.91 Å². The molecule has 0 atom stereocenters. The number of methoxy groups -OCH3 is 1. The van der Waals surface area contributed by atoms with Gasteiger partial charge in [0.1, 0.15) is 0 Å². The minimum absolute atomic E-state index is 0.250. The monoisotopic (exact) mass is 397 g/mol. The molecule has 0 fully saturated rings. The van der Waals surface area contributed by atoms with Gasteiger partial charge in [-0.3, -0.25) is 4.79 Å². The van der Waals surface area contributed by atoms with E-state index in [2.05, 4.69) is 21.2 Å². The Morgan fingerprint density at radius 3 is 2.70 bits per heavy atom. The molecule has 2 aromatic rings. The SMILES string of the molecule is CCOc1cc(C(=O)Nc2cc(Cl)ccc2C)cc(Br)c1OC. The predicted molar refractivity (Wildman–Crippen MR) is 96.0 cm³/mol. The minimum Gasteiger partial charge on any atom is -0.492 e. The number of halogens is 2. The maximum Gasteiger partial charge on any atom is 0.255 e. The van der Waals surface area contributed by atoms with Gasteiger partial charge in [-0.25, -0.2) is 0 Å². The van der Waals surface area contributed by atoms with Gasteiger partial charge in [-0.05, 0) is 59.6 Å². The van der Waals surface area contributed by atoms with Gasteiger partial charge in [0.05, 0.1) is 18.2 Å². The third-order valence-electron chi connectivity index (χ3n) is 3.22. The van der Waals surface area contributed by atoms with Crippen LogP contribution in [-0.4, -0.2) is 19.6 Å². The molecule has 0 radical (unpaired) electrons. The van der Waals surface area contributed by atoms with E-state index < -0.39 is 0 Å². The molecule has 0 unspecified atom stereocenters. The summed E-state index contributed by atoms with van der Waals surface area (Å²) in [5, 5.41) is 3.43. The molecule has 1 N–H and O–H groups in total. The Balaban J connectivity index is 2.34. The summed E-state index contributed by atoms with van der Waals surface area (Å²) in [6, 6.07) is 8.70. The van der Waals surface area contributed by atoms with Crippen LogP contribution in [-0.2, 0) is 0 Å². The highest BCUT2D eigenvalue weighted by molar-refractivity contribution is 9.10. The van der Waals surface area contributed by atoms with Crippen molar-refractivity contribution in [2.75, 3.05) is 19.0 Å². The summed E-state index contributed by atoms with van der Waals surface area (Å²) in [4.78, 5) is 12.5. The van der Waals surface area contributed by atoms with E-state index >= 15 is 0 Å². The van der Waals surface area contributed by atoms with E-state index in [0.29, 0.717) is 38.9 Å². The lowest BCUT2D eigenvalue weighted by Gasteiger charge is -2.14. The standard InChI is InChI=1S/C17H17BrClNO3/c1-4-23-15-8-11(7-13(18)16(15)22-3)17(21)20-14-9-12(19)6-5-10(14)2/h5-9H,4H2,1-3H3,(H,20,21). The highest BCUT2D eigenvalue weighted by Gasteiger charge is 2.16. The Labute approximate surface area is 148 Å². The number of aryl methyl sites for hydroxylation is 1. The Morgan fingerprint density at radius 2 is 2.04 bits per heavy atom. The van der Waals surface area contributed by atoms with Gasteiger partial charge >= 0.3 is 0 Å². The zero-order valence-electron chi connectivity index (χ0n) is 13.1. The smallest absolute Gasteiger partial charge is 0.255 e. The Morgan fingerprint density at radius 1 is 1.30 bits per heavy atom. The van der Waals surface area contributed by atoms with Gasteiger partial charge in [-0.1, -0.05) is 17.7 Å². The fourth-order valence-corrected chi connectivity index (χ4v) is 2.86. The van der Waals surface area contributed by atoms with E-state index in [9.17, 15) is 4.79 Å². The number of carbonyl (C=O) groups excluding carboxylic acids is 1. The lowest BCUT2D eigenvalue weighted by molar-refractivity contribution is 0.102. The van der Waals surface area contributed by atoms with Gasteiger partial charge in [-0.2, -0.15) is 0 Å². The normalized spacial score (nSPS) is 10.3. The van der Waals surface area contributed by atoms with E-state index in [0.717, 1.165) is 5.56 Å². The average molecular weight is 399 g/mol. The number of hydrogen-bond donors (Lipinski definition) is 1. The van der Waals surface area contributed by atoms with Crippen molar-refractivity contribution in [3.63, 3.8) is 0 Å². The van der Waals surface area contributed by atoms with Crippen LogP contribution in [0.1, 0.15) is 22.8 Å². The topological polar surface area (TPSA) is 47.6 Å². The second kappa shape index (κ2) is 7.70. The van der Waals surface area contributed by atoms with Crippen LogP contribution in [0.25, 0.3) is 0 Å². The average Bonchev–Trinajstić information content (AvgIpc) is 2.51. The molecule has 23 heavy (non-hydrogen) atoms. The maximum absolute atomic E-state index is 12.5. The van der Waals surface area contributed by atoms with Crippen LogP contribution in [0.15, 0.2) is 34.8 Å². The maximum atomic E-state index is 12.5. The van der Waals surface area contributed by atoms with Crippen LogP contribution in [0.2, 0.25) is 5.02 Å². The molecule has 0 saturated heterocycles. The zero-order valence-corrected chi connectivity index (χ0v) is 15.4. The first-order valence-electron chi connectivity index (χ1n) is 7.04. The summed E-state index contributed by atoms with van der Waals surface area (Å²) >= 11 is 9.38. The minimum atomic E-state index is -0.250. The molecule has 2 aromatic carbocycles. The number of carbonyl (C=O) groups is 1. The molecular weight excluding hydrogens is 382 g/mol. The lowest BCUT2D eigenvalue weighted by atomic mass is 10.1. The molecule has 0 saturated carbocycles. The molecule has 0 aliphatic carbocycles. The second-order valence-electron chi connectivity index (χ2n) is 4.84. The molecule has 122 valence electrons. The van der Waals surface area contributed by atoms with Crippen LogP contribution >= 0.6 is 27.5 Å². The first-order valence-corrected chi connectivity index (χ1v) is 8.21. The third kappa shape index (κ3) is 4.18. The van der Waals surface area contributed by atoms with Crippen molar-refractivity contribution in [2.45, 2.75) is 13.8 Å². The Kier molecular flexibility index (Phi) is 5.91. The molecule has 0 heterocycles. The number of hydrogen-bond acceptors (Lipinski definition) is 3. The third-order valence-corrected chi connectivity index (χ3v) is 4.05. The highest BCUT2D eigenvalue weighted by Crippen LogP contribution is 2.36. The number of benzene rings is 2. The van der Waals surface area contributed by atoms with Crippen molar-refractivity contribution < 1.29 is 14.3 Å². The molecule has 1 amide bonds. The molecule has 0 aliphatic rings. The fourth-order valence-electron chi connectivity index (χ4n) is 2.08. The summed E-state index contributed by atoms with van der Waals surface area (Å²) in [7, 11) is 1.55. The van der Waals surface area contributed by atoms with Crippen LogP contribution < -0.4 is 14.8 Å². The molecule has 6 heteroatoms. The number of amides is 1. The van der Waals surface area contributed by atoms with Gasteiger partial charge in [0.2, 0.25) is 0 Å². The van der Waals surface area contributed by atoms with Crippen molar-refractivity contribution in [3.05, 3.63) is 51.0 Å². The molecule has 0 aromatic heterocycles. The number of ether oxygens (including phenoxy) is 2. The van der Waals surface area contributed by atoms with Crippen molar-refractivity contribution in [3.8, 4) is 11.5 Å². The van der Waals surface area contributed by atoms with Gasteiger partial charge in [0, 0.05) is 16.3 Å². The second-order valence-corrected chi connectivity index (χ2v) is 6.13. The van der Waals surface area contributed by atoms with Crippen LogP contribution in [0.5, 0.6) is 11.5 Å². The lowest BCUT2D eigenvalue weighted by Crippen LogP contribution is -2.13. The van der Waals surface area contributed by atoms with Gasteiger partial charge in [0.25, 0.3) is 5.91 Å². The summed E-state index contributed by atoms with van der Waals surface area (Å²) in [5.41, 5.74) is 2.06. The summed E-state index contributed by atoms with van der Waals surface area (Å²) in [6.07, 6.45) is 0. The summed E-state index contributed by atoms with van der Waals surface area (Å²) in [5.74, 6) is 0.819. The van der Waals surface area contributed by atoms with Crippen molar-refractivity contribution in [2.24, 2.45) is 0 Å². The van der Waals surface area contributed by atoms with Crippen molar-refractivity contribution >= 4 is 39.1 Å².